The fourth-order valence-corrected chi connectivity index (χ4v) is 1.44. The molecule has 0 fully saturated rings. The first-order valence-corrected chi connectivity index (χ1v) is 5.01. The van der Waals surface area contributed by atoms with Crippen molar-refractivity contribution in [3.05, 3.63) is 35.9 Å². The smallest absolute Gasteiger partial charge is 0.312 e. The second-order valence-corrected chi connectivity index (χ2v) is 3.49. The highest BCUT2D eigenvalue weighted by Crippen LogP contribution is 2.24. The van der Waals surface area contributed by atoms with E-state index in [4.69, 9.17) is 9.47 Å². The van der Waals surface area contributed by atoms with E-state index in [1.165, 1.54) is 7.11 Å². The Balaban J connectivity index is 3.12. The van der Waals surface area contributed by atoms with Gasteiger partial charge in [0.25, 0.3) is 0 Å². The zero-order valence-corrected chi connectivity index (χ0v) is 9.82. The van der Waals surface area contributed by atoms with Crippen molar-refractivity contribution in [3.8, 4) is 5.75 Å². The lowest BCUT2D eigenvalue weighted by Crippen LogP contribution is -2.11. The quantitative estimate of drug-likeness (QED) is 0.732. The van der Waals surface area contributed by atoms with Crippen LogP contribution in [0, 0.1) is 0 Å². The molecule has 0 bridgehead atoms. The number of methoxy groups -OCH3 is 2. The van der Waals surface area contributed by atoms with Crippen molar-refractivity contribution >= 4 is 12.0 Å². The molecule has 1 unspecified atom stereocenters. The van der Waals surface area contributed by atoms with Crippen molar-refractivity contribution in [1.29, 1.82) is 0 Å². The topological polar surface area (TPSA) is 35.5 Å². The van der Waals surface area contributed by atoms with Crippen LogP contribution in [0.15, 0.2) is 24.8 Å². The zero-order valence-electron chi connectivity index (χ0n) is 9.82. The first kappa shape index (κ1) is 12.3. The molecule has 3 nitrogen and oxygen atoms in total. The van der Waals surface area contributed by atoms with Gasteiger partial charge in [-0.25, -0.2) is 0 Å². The molecule has 0 aliphatic heterocycles. The molecule has 86 valence electrons. The van der Waals surface area contributed by atoms with Crippen LogP contribution < -0.4 is 4.74 Å². The van der Waals surface area contributed by atoms with Gasteiger partial charge in [-0.2, -0.15) is 0 Å². The normalized spacial score (nSPS) is 11.7. The van der Waals surface area contributed by atoms with Crippen LogP contribution in [0.4, 0.5) is 0 Å². The molecular weight excluding hydrogens is 204 g/mol. The van der Waals surface area contributed by atoms with Gasteiger partial charge in [0.1, 0.15) is 5.75 Å². The Bertz CT molecular complexity index is 396. The van der Waals surface area contributed by atoms with E-state index in [-0.39, 0.29) is 11.9 Å². The van der Waals surface area contributed by atoms with Crippen molar-refractivity contribution in [1.82, 2.24) is 0 Å². The van der Waals surface area contributed by atoms with E-state index in [0.717, 1.165) is 11.1 Å². The maximum Gasteiger partial charge on any atom is 0.312 e. The van der Waals surface area contributed by atoms with E-state index >= 15 is 0 Å². The Morgan fingerprint density at radius 2 is 2.06 bits per heavy atom. The Hall–Kier alpha value is -1.77. The molecule has 0 saturated carbocycles. The first-order chi connectivity index (χ1) is 7.62. The summed E-state index contributed by atoms with van der Waals surface area (Å²) in [7, 11) is 2.97. The molecule has 1 aromatic carbocycles. The highest BCUT2D eigenvalue weighted by atomic mass is 16.5. The molecule has 0 amide bonds. The van der Waals surface area contributed by atoms with Gasteiger partial charge in [0.15, 0.2) is 0 Å². The Kier molecular flexibility index (Phi) is 4.11. The number of carbonyl (C=O) groups excluding carboxylic acids is 1. The van der Waals surface area contributed by atoms with E-state index in [0.29, 0.717) is 5.75 Å². The molecule has 0 aliphatic rings. The number of benzene rings is 1. The molecule has 3 heteroatoms. The number of hydrogen-bond donors (Lipinski definition) is 0. The minimum atomic E-state index is -0.307. The van der Waals surface area contributed by atoms with Crippen LogP contribution in [0.25, 0.3) is 6.08 Å². The monoisotopic (exact) mass is 220 g/mol. The summed E-state index contributed by atoms with van der Waals surface area (Å²) in [5.41, 5.74) is 1.78. The molecule has 0 N–H and O–H groups in total. The Morgan fingerprint density at radius 3 is 2.56 bits per heavy atom. The zero-order chi connectivity index (χ0) is 12.1. The molecule has 0 aliphatic carbocycles. The van der Waals surface area contributed by atoms with Crippen molar-refractivity contribution in [2.75, 3.05) is 14.2 Å². The number of esters is 1. The minimum Gasteiger partial charge on any atom is -0.497 e. The van der Waals surface area contributed by atoms with E-state index in [1.807, 2.05) is 18.2 Å². The highest BCUT2D eigenvalue weighted by Gasteiger charge is 2.16. The van der Waals surface area contributed by atoms with Crippen LogP contribution in [0.5, 0.6) is 5.75 Å². The standard InChI is InChI=1S/C13H16O3/c1-5-10-6-11(8-12(7-10)15-3)9(2)13(14)16-4/h5-9H,1H2,2-4H3. The Morgan fingerprint density at radius 1 is 1.38 bits per heavy atom. The van der Waals surface area contributed by atoms with Gasteiger partial charge in [-0.3, -0.25) is 4.79 Å². The van der Waals surface area contributed by atoms with Crippen molar-refractivity contribution in [2.45, 2.75) is 12.8 Å². The van der Waals surface area contributed by atoms with Crippen LogP contribution in [0.3, 0.4) is 0 Å². The lowest BCUT2D eigenvalue weighted by molar-refractivity contribution is -0.141. The highest BCUT2D eigenvalue weighted by molar-refractivity contribution is 5.78. The molecule has 0 saturated heterocycles. The summed E-state index contributed by atoms with van der Waals surface area (Å²) >= 11 is 0. The summed E-state index contributed by atoms with van der Waals surface area (Å²) in [5, 5.41) is 0. The molecular formula is C13H16O3. The van der Waals surface area contributed by atoms with Crippen LogP contribution in [0.1, 0.15) is 24.0 Å². The number of carbonyl (C=O) groups is 1. The van der Waals surface area contributed by atoms with Gasteiger partial charge in [-0.1, -0.05) is 18.7 Å². The van der Waals surface area contributed by atoms with Gasteiger partial charge >= 0.3 is 5.97 Å². The second-order valence-electron chi connectivity index (χ2n) is 3.49. The summed E-state index contributed by atoms with van der Waals surface area (Å²) in [6.07, 6.45) is 1.72. The van der Waals surface area contributed by atoms with Gasteiger partial charge in [0.2, 0.25) is 0 Å². The number of rotatable bonds is 4. The van der Waals surface area contributed by atoms with Crippen molar-refractivity contribution in [3.63, 3.8) is 0 Å². The third-order valence-corrected chi connectivity index (χ3v) is 2.48. The largest absolute Gasteiger partial charge is 0.497 e. The fraction of sp³-hybridized carbons (Fsp3) is 0.308. The summed E-state index contributed by atoms with van der Waals surface area (Å²) in [6, 6.07) is 5.59. The molecule has 0 radical (unpaired) electrons. The summed E-state index contributed by atoms with van der Waals surface area (Å²) in [5.74, 6) is 0.144. The van der Waals surface area contributed by atoms with Crippen LogP contribution in [0.2, 0.25) is 0 Å². The third kappa shape index (κ3) is 2.63. The van der Waals surface area contributed by atoms with E-state index in [9.17, 15) is 4.79 Å². The molecule has 0 aromatic heterocycles. The van der Waals surface area contributed by atoms with Crippen molar-refractivity contribution < 1.29 is 14.3 Å². The predicted octanol–water partition coefficient (Wildman–Crippen LogP) is 2.61. The second kappa shape index (κ2) is 5.35. The molecule has 1 atom stereocenters. The predicted molar refractivity (Wildman–Crippen MR) is 63.5 cm³/mol. The van der Waals surface area contributed by atoms with E-state index < -0.39 is 0 Å². The lowest BCUT2D eigenvalue weighted by atomic mass is 9.98. The van der Waals surface area contributed by atoms with Gasteiger partial charge in [0, 0.05) is 0 Å². The van der Waals surface area contributed by atoms with Crippen LogP contribution >= 0.6 is 0 Å². The summed E-state index contributed by atoms with van der Waals surface area (Å²) in [4.78, 5) is 11.4. The fourth-order valence-electron chi connectivity index (χ4n) is 1.44. The molecule has 0 heterocycles. The summed E-state index contributed by atoms with van der Waals surface area (Å²) < 4.78 is 9.87. The first-order valence-electron chi connectivity index (χ1n) is 5.01. The third-order valence-electron chi connectivity index (χ3n) is 2.48. The summed E-state index contributed by atoms with van der Waals surface area (Å²) in [6.45, 7) is 5.50. The van der Waals surface area contributed by atoms with Crippen LogP contribution in [-0.4, -0.2) is 20.2 Å². The lowest BCUT2D eigenvalue weighted by Gasteiger charge is -2.12. The van der Waals surface area contributed by atoms with E-state index in [2.05, 4.69) is 6.58 Å². The van der Waals surface area contributed by atoms with Gasteiger partial charge in [-0.15, -0.1) is 0 Å². The van der Waals surface area contributed by atoms with Crippen LogP contribution in [-0.2, 0) is 9.53 Å². The molecule has 1 aromatic rings. The van der Waals surface area contributed by atoms with Gasteiger partial charge in [-0.05, 0) is 30.2 Å². The van der Waals surface area contributed by atoms with E-state index in [1.54, 1.807) is 20.1 Å². The SMILES string of the molecule is C=Cc1cc(OC)cc(C(C)C(=O)OC)c1. The van der Waals surface area contributed by atoms with Gasteiger partial charge in [0.05, 0.1) is 20.1 Å². The number of ether oxygens (including phenoxy) is 2. The Labute approximate surface area is 95.7 Å². The number of hydrogen-bond acceptors (Lipinski definition) is 3. The maximum atomic E-state index is 11.4. The minimum absolute atomic E-state index is 0.261. The average Bonchev–Trinajstić information content (AvgIpc) is 2.35. The molecule has 1 rings (SSSR count). The van der Waals surface area contributed by atoms with Crippen molar-refractivity contribution in [2.24, 2.45) is 0 Å². The maximum absolute atomic E-state index is 11.4. The molecule has 0 spiro atoms. The average molecular weight is 220 g/mol. The van der Waals surface area contributed by atoms with Gasteiger partial charge < -0.3 is 9.47 Å². The molecule has 16 heavy (non-hydrogen) atoms.